The number of carbonyl (C=O) groups is 1. The summed E-state index contributed by atoms with van der Waals surface area (Å²) in [4.78, 5) is 11.8. The maximum absolute atomic E-state index is 13.1. The zero-order valence-electron chi connectivity index (χ0n) is 10.7. The fourth-order valence-corrected chi connectivity index (χ4v) is 1.72. The number of hydrogen-bond donors (Lipinski definition) is 1. The number of hydrogen-bond acceptors (Lipinski definition) is 1. The Morgan fingerprint density at radius 3 is 2.35 bits per heavy atom. The topological polar surface area (TPSA) is 29.1 Å². The molecule has 5 heteroatoms. The van der Waals surface area contributed by atoms with Gasteiger partial charge in [-0.05, 0) is 48.4 Å². The van der Waals surface area contributed by atoms with E-state index in [2.05, 4.69) is 5.32 Å². The Morgan fingerprint density at radius 1 is 1.00 bits per heavy atom. The number of amides is 1. The Labute approximate surface area is 114 Å². The second kappa shape index (κ2) is 5.77. The van der Waals surface area contributed by atoms with Crippen molar-refractivity contribution in [2.45, 2.75) is 13.5 Å². The van der Waals surface area contributed by atoms with Crippen LogP contribution in [0.25, 0.3) is 0 Å². The van der Waals surface area contributed by atoms with Crippen molar-refractivity contribution < 1.29 is 18.0 Å². The molecule has 0 bridgehead atoms. The van der Waals surface area contributed by atoms with Crippen molar-refractivity contribution >= 4 is 5.91 Å². The average molecular weight is 279 g/mol. The van der Waals surface area contributed by atoms with E-state index in [0.717, 1.165) is 12.1 Å². The first-order valence-electron chi connectivity index (χ1n) is 5.95. The first-order valence-corrected chi connectivity index (χ1v) is 5.95. The number of halogens is 3. The van der Waals surface area contributed by atoms with Crippen LogP contribution in [0.15, 0.2) is 36.4 Å². The van der Waals surface area contributed by atoms with E-state index in [1.165, 1.54) is 24.3 Å². The molecule has 0 aromatic heterocycles. The van der Waals surface area contributed by atoms with Gasteiger partial charge in [0.15, 0.2) is 11.6 Å². The maximum Gasteiger partial charge on any atom is 0.251 e. The molecule has 0 atom stereocenters. The van der Waals surface area contributed by atoms with Crippen molar-refractivity contribution in [1.82, 2.24) is 5.32 Å². The fourth-order valence-electron chi connectivity index (χ4n) is 1.72. The van der Waals surface area contributed by atoms with E-state index >= 15 is 0 Å². The van der Waals surface area contributed by atoms with Crippen molar-refractivity contribution in [3.05, 3.63) is 70.5 Å². The van der Waals surface area contributed by atoms with Crippen molar-refractivity contribution in [1.29, 1.82) is 0 Å². The Balaban J connectivity index is 2.04. The first-order chi connectivity index (χ1) is 9.47. The van der Waals surface area contributed by atoms with Gasteiger partial charge in [-0.3, -0.25) is 4.79 Å². The van der Waals surface area contributed by atoms with E-state index in [1.54, 1.807) is 6.92 Å². The highest BCUT2D eigenvalue weighted by Gasteiger charge is 2.08. The van der Waals surface area contributed by atoms with Gasteiger partial charge in [0, 0.05) is 12.1 Å². The minimum absolute atomic E-state index is 0.0620. The van der Waals surface area contributed by atoms with E-state index in [-0.39, 0.29) is 12.4 Å². The Morgan fingerprint density at radius 2 is 1.70 bits per heavy atom. The third kappa shape index (κ3) is 3.17. The molecule has 0 aliphatic carbocycles. The molecule has 0 saturated carbocycles. The van der Waals surface area contributed by atoms with Gasteiger partial charge in [0.1, 0.15) is 5.82 Å². The monoisotopic (exact) mass is 279 g/mol. The minimum Gasteiger partial charge on any atom is -0.348 e. The third-order valence-electron chi connectivity index (χ3n) is 2.86. The molecule has 0 saturated heterocycles. The molecule has 2 aromatic carbocycles. The Hall–Kier alpha value is -2.30. The van der Waals surface area contributed by atoms with E-state index in [9.17, 15) is 18.0 Å². The van der Waals surface area contributed by atoms with Gasteiger partial charge in [0.25, 0.3) is 5.91 Å². The number of carbonyl (C=O) groups excluding carboxylic acids is 1. The molecule has 2 rings (SSSR count). The summed E-state index contributed by atoms with van der Waals surface area (Å²) in [6, 6.07) is 7.40. The molecule has 0 radical (unpaired) electrons. The summed E-state index contributed by atoms with van der Waals surface area (Å²) in [6.07, 6.45) is 0. The van der Waals surface area contributed by atoms with E-state index in [1.807, 2.05) is 0 Å². The van der Waals surface area contributed by atoms with Gasteiger partial charge in [0.05, 0.1) is 0 Å². The lowest BCUT2D eigenvalue weighted by molar-refractivity contribution is 0.0950. The van der Waals surface area contributed by atoms with Crippen LogP contribution in [0.2, 0.25) is 0 Å². The highest BCUT2D eigenvalue weighted by molar-refractivity contribution is 5.94. The quantitative estimate of drug-likeness (QED) is 0.917. The predicted molar refractivity (Wildman–Crippen MR) is 68.7 cm³/mol. The summed E-state index contributed by atoms with van der Waals surface area (Å²) in [6.45, 7) is 1.62. The normalized spacial score (nSPS) is 10.4. The van der Waals surface area contributed by atoms with Gasteiger partial charge >= 0.3 is 0 Å². The molecule has 20 heavy (non-hydrogen) atoms. The molecule has 0 unspecified atom stereocenters. The molecule has 0 fully saturated rings. The molecule has 0 heterocycles. The van der Waals surface area contributed by atoms with E-state index in [4.69, 9.17) is 0 Å². The molecular weight excluding hydrogens is 267 g/mol. The number of benzene rings is 2. The second-order valence-electron chi connectivity index (χ2n) is 4.40. The van der Waals surface area contributed by atoms with E-state index < -0.39 is 17.5 Å². The van der Waals surface area contributed by atoms with Crippen LogP contribution < -0.4 is 5.32 Å². The first kappa shape index (κ1) is 14.1. The molecule has 1 N–H and O–H groups in total. The number of aryl methyl sites for hydroxylation is 1. The zero-order valence-corrected chi connectivity index (χ0v) is 10.7. The number of rotatable bonds is 3. The maximum atomic E-state index is 13.1. The third-order valence-corrected chi connectivity index (χ3v) is 2.86. The smallest absolute Gasteiger partial charge is 0.251 e. The standard InChI is InChI=1S/C15H12F3NO/c1-9-6-11(3-5-12(9)16)15(20)19-8-10-2-4-13(17)14(18)7-10/h2-7H,8H2,1H3,(H,19,20). The SMILES string of the molecule is Cc1cc(C(=O)NCc2ccc(F)c(F)c2)ccc1F. The van der Waals surface area contributed by atoms with Gasteiger partial charge in [-0.15, -0.1) is 0 Å². The van der Waals surface area contributed by atoms with Crippen molar-refractivity contribution in [2.75, 3.05) is 0 Å². The molecule has 104 valence electrons. The van der Waals surface area contributed by atoms with Gasteiger partial charge in [-0.2, -0.15) is 0 Å². The second-order valence-corrected chi connectivity index (χ2v) is 4.40. The molecule has 1 amide bonds. The van der Waals surface area contributed by atoms with Crippen LogP contribution in [0.1, 0.15) is 21.5 Å². The summed E-state index contributed by atoms with van der Waals surface area (Å²) < 4.78 is 38.8. The van der Waals surface area contributed by atoms with Gasteiger partial charge in [0.2, 0.25) is 0 Å². The van der Waals surface area contributed by atoms with E-state index in [0.29, 0.717) is 16.7 Å². The lowest BCUT2D eigenvalue weighted by Gasteiger charge is -2.07. The van der Waals surface area contributed by atoms with Gasteiger partial charge in [-0.1, -0.05) is 6.07 Å². The summed E-state index contributed by atoms with van der Waals surface area (Å²) in [5.41, 5.74) is 1.12. The largest absolute Gasteiger partial charge is 0.348 e. The summed E-state index contributed by atoms with van der Waals surface area (Å²) in [5.74, 6) is -2.69. The molecule has 0 aliphatic heterocycles. The lowest BCUT2D eigenvalue weighted by atomic mass is 10.1. The van der Waals surface area contributed by atoms with Crippen LogP contribution >= 0.6 is 0 Å². The van der Waals surface area contributed by atoms with Crippen molar-refractivity contribution in [3.63, 3.8) is 0 Å². The van der Waals surface area contributed by atoms with Gasteiger partial charge < -0.3 is 5.32 Å². The lowest BCUT2D eigenvalue weighted by Crippen LogP contribution is -2.23. The van der Waals surface area contributed by atoms with Crippen LogP contribution in [-0.2, 0) is 6.54 Å². The van der Waals surface area contributed by atoms with Crippen LogP contribution in [-0.4, -0.2) is 5.91 Å². The Kier molecular flexibility index (Phi) is 4.08. The number of nitrogens with one attached hydrogen (secondary N) is 1. The van der Waals surface area contributed by atoms with Crippen LogP contribution in [0.3, 0.4) is 0 Å². The zero-order chi connectivity index (χ0) is 14.7. The molecule has 0 aliphatic rings. The summed E-state index contributed by atoms with van der Waals surface area (Å²) >= 11 is 0. The van der Waals surface area contributed by atoms with Crippen molar-refractivity contribution in [2.24, 2.45) is 0 Å². The fraction of sp³-hybridized carbons (Fsp3) is 0.133. The molecule has 2 nitrogen and oxygen atoms in total. The highest BCUT2D eigenvalue weighted by Crippen LogP contribution is 2.11. The molecular formula is C15H12F3NO. The van der Waals surface area contributed by atoms with Crippen LogP contribution in [0.5, 0.6) is 0 Å². The molecule has 0 spiro atoms. The molecule has 2 aromatic rings. The van der Waals surface area contributed by atoms with Crippen LogP contribution in [0.4, 0.5) is 13.2 Å². The highest BCUT2D eigenvalue weighted by atomic mass is 19.2. The average Bonchev–Trinajstić information content (AvgIpc) is 2.43. The van der Waals surface area contributed by atoms with Crippen molar-refractivity contribution in [3.8, 4) is 0 Å². The summed E-state index contributed by atoms with van der Waals surface area (Å²) in [5, 5.41) is 2.56. The van der Waals surface area contributed by atoms with Crippen LogP contribution in [0, 0.1) is 24.4 Å². The predicted octanol–water partition coefficient (Wildman–Crippen LogP) is 3.34. The minimum atomic E-state index is -0.964. The summed E-state index contributed by atoms with van der Waals surface area (Å²) in [7, 11) is 0. The van der Waals surface area contributed by atoms with Gasteiger partial charge in [-0.25, -0.2) is 13.2 Å². The Bertz CT molecular complexity index is 656.